The third kappa shape index (κ3) is 9.45. The molecule has 0 saturated heterocycles. The summed E-state index contributed by atoms with van der Waals surface area (Å²) in [5.74, 6) is -1.22. The third-order valence-corrected chi connectivity index (χ3v) is 9.87. The third-order valence-electron chi connectivity index (χ3n) is 7.59. The van der Waals surface area contributed by atoms with E-state index in [9.17, 15) is 31.2 Å². The molecule has 2 amide bonds. The van der Waals surface area contributed by atoms with E-state index in [0.717, 1.165) is 22.2 Å². The first-order chi connectivity index (χ1) is 22.3. The maximum Gasteiger partial charge on any atom is 0.416 e. The van der Waals surface area contributed by atoms with E-state index in [2.05, 4.69) is 21.2 Å². The molecule has 248 valence electrons. The normalized spacial score (nSPS) is 13.0. The first-order valence-corrected chi connectivity index (χ1v) is 17.2. The molecule has 0 radical (unpaired) electrons. The van der Waals surface area contributed by atoms with E-state index >= 15 is 0 Å². The number of rotatable bonds is 13. The van der Waals surface area contributed by atoms with E-state index in [1.54, 1.807) is 42.5 Å². The quantitative estimate of drug-likeness (QED) is 0.158. The van der Waals surface area contributed by atoms with Gasteiger partial charge in [-0.05, 0) is 66.9 Å². The Morgan fingerprint density at radius 1 is 0.851 bits per heavy atom. The smallest absolute Gasteiger partial charge is 0.352 e. The molecule has 12 heteroatoms. The van der Waals surface area contributed by atoms with Gasteiger partial charge in [0.2, 0.25) is 11.8 Å². The van der Waals surface area contributed by atoms with Crippen molar-refractivity contribution in [3.05, 3.63) is 130 Å². The van der Waals surface area contributed by atoms with E-state index in [-0.39, 0.29) is 29.6 Å². The second kappa shape index (κ2) is 15.6. The highest BCUT2D eigenvalue weighted by molar-refractivity contribution is 9.10. The van der Waals surface area contributed by atoms with Gasteiger partial charge in [-0.15, -0.1) is 0 Å². The van der Waals surface area contributed by atoms with Gasteiger partial charge in [-0.25, -0.2) is 8.42 Å². The molecule has 0 fully saturated rings. The first-order valence-electron chi connectivity index (χ1n) is 14.9. The maximum atomic E-state index is 14.5. The number of hydrogen-bond acceptors (Lipinski definition) is 4. The first kappa shape index (κ1) is 35.7. The Balaban J connectivity index is 1.84. The van der Waals surface area contributed by atoms with Crippen molar-refractivity contribution in [3.63, 3.8) is 0 Å². The second-order valence-corrected chi connectivity index (χ2v) is 13.8. The SMILES string of the molecule is CC[C@@H](C)NC(=O)[C@H](Cc1ccccc1)N(Cc1cccc(Br)c1)C(=O)CN(c1cccc(C(F)(F)F)c1)S(=O)(=O)c1ccccc1. The van der Waals surface area contributed by atoms with Gasteiger partial charge in [0.05, 0.1) is 16.1 Å². The van der Waals surface area contributed by atoms with Gasteiger partial charge in [-0.2, -0.15) is 13.2 Å². The largest absolute Gasteiger partial charge is 0.416 e. The zero-order chi connectivity index (χ0) is 34.2. The van der Waals surface area contributed by atoms with Crippen LogP contribution in [0.15, 0.2) is 119 Å². The molecule has 7 nitrogen and oxygen atoms in total. The number of amides is 2. The monoisotopic (exact) mass is 729 g/mol. The van der Waals surface area contributed by atoms with E-state index in [0.29, 0.717) is 22.4 Å². The summed E-state index contributed by atoms with van der Waals surface area (Å²) in [6.45, 7) is 2.79. The number of halogens is 4. The average Bonchev–Trinajstić information content (AvgIpc) is 3.05. The van der Waals surface area contributed by atoms with Gasteiger partial charge in [-0.1, -0.05) is 89.6 Å². The molecule has 1 N–H and O–H groups in total. The van der Waals surface area contributed by atoms with Crippen LogP contribution in [-0.2, 0) is 38.8 Å². The predicted molar refractivity (Wildman–Crippen MR) is 179 cm³/mol. The number of sulfonamides is 1. The lowest BCUT2D eigenvalue weighted by Gasteiger charge is -2.34. The van der Waals surface area contributed by atoms with Crippen LogP contribution >= 0.6 is 15.9 Å². The second-order valence-electron chi connectivity index (χ2n) is 11.0. The fourth-order valence-electron chi connectivity index (χ4n) is 4.91. The number of anilines is 1. The van der Waals surface area contributed by atoms with Crippen molar-refractivity contribution < 1.29 is 31.2 Å². The van der Waals surface area contributed by atoms with E-state index in [1.165, 1.54) is 35.2 Å². The molecule has 0 aliphatic heterocycles. The average molecular weight is 731 g/mol. The molecular weight excluding hydrogens is 695 g/mol. The number of nitrogens with zero attached hydrogens (tertiary/aromatic N) is 2. The molecule has 0 aliphatic carbocycles. The predicted octanol–water partition coefficient (Wildman–Crippen LogP) is 7.22. The van der Waals surface area contributed by atoms with Crippen LogP contribution in [0, 0.1) is 0 Å². The highest BCUT2D eigenvalue weighted by Gasteiger charge is 2.36. The van der Waals surface area contributed by atoms with Gasteiger partial charge in [0.1, 0.15) is 12.6 Å². The van der Waals surface area contributed by atoms with Crippen molar-refractivity contribution in [1.82, 2.24) is 10.2 Å². The van der Waals surface area contributed by atoms with Crippen LogP contribution in [0.2, 0.25) is 0 Å². The fraction of sp³-hybridized carbons (Fsp3) is 0.257. The molecule has 2 atom stereocenters. The van der Waals surface area contributed by atoms with E-state index in [4.69, 9.17) is 0 Å². The molecule has 0 aromatic heterocycles. The molecule has 0 heterocycles. The molecule has 4 aromatic rings. The minimum Gasteiger partial charge on any atom is -0.352 e. The van der Waals surface area contributed by atoms with Crippen LogP contribution in [-0.4, -0.2) is 43.8 Å². The fourth-order valence-corrected chi connectivity index (χ4v) is 6.79. The van der Waals surface area contributed by atoms with Gasteiger partial charge in [0.15, 0.2) is 0 Å². The highest BCUT2D eigenvalue weighted by Crippen LogP contribution is 2.33. The number of alkyl halides is 3. The van der Waals surface area contributed by atoms with Crippen LogP contribution in [0.5, 0.6) is 0 Å². The van der Waals surface area contributed by atoms with Crippen molar-refractivity contribution in [3.8, 4) is 0 Å². The Hall–Kier alpha value is -4.16. The summed E-state index contributed by atoms with van der Waals surface area (Å²) in [6.07, 6.45) is -4.02. The summed E-state index contributed by atoms with van der Waals surface area (Å²) in [5, 5.41) is 2.95. The number of hydrogen-bond donors (Lipinski definition) is 1. The van der Waals surface area contributed by atoms with Crippen LogP contribution in [0.3, 0.4) is 0 Å². The molecule has 0 spiro atoms. The van der Waals surface area contributed by atoms with Crippen molar-refractivity contribution in [2.24, 2.45) is 0 Å². The molecular formula is C35H35BrF3N3O4S. The molecule has 0 aliphatic rings. The molecule has 4 rings (SSSR count). The van der Waals surface area contributed by atoms with Crippen molar-refractivity contribution in [2.45, 2.75) is 56.4 Å². The van der Waals surface area contributed by atoms with Crippen molar-refractivity contribution in [1.29, 1.82) is 0 Å². The maximum absolute atomic E-state index is 14.5. The van der Waals surface area contributed by atoms with Gasteiger partial charge in [0, 0.05) is 23.5 Å². The zero-order valence-electron chi connectivity index (χ0n) is 25.8. The Morgan fingerprint density at radius 2 is 1.47 bits per heavy atom. The Kier molecular flexibility index (Phi) is 11.9. The van der Waals surface area contributed by atoms with Crippen molar-refractivity contribution in [2.75, 3.05) is 10.8 Å². The van der Waals surface area contributed by atoms with E-state index < -0.39 is 46.2 Å². The summed E-state index contributed by atoms with van der Waals surface area (Å²) in [7, 11) is -4.54. The summed E-state index contributed by atoms with van der Waals surface area (Å²) in [5.41, 5.74) is -0.00571. The van der Waals surface area contributed by atoms with Gasteiger partial charge in [0.25, 0.3) is 10.0 Å². The van der Waals surface area contributed by atoms with Crippen LogP contribution < -0.4 is 9.62 Å². The molecule has 0 bridgehead atoms. The number of carbonyl (C=O) groups excluding carboxylic acids is 2. The summed E-state index contributed by atoms with van der Waals surface area (Å²) < 4.78 is 70.7. The number of benzene rings is 4. The molecule has 0 unspecified atom stereocenters. The van der Waals surface area contributed by atoms with Gasteiger partial charge >= 0.3 is 6.18 Å². The minimum absolute atomic E-state index is 0.0779. The Morgan fingerprint density at radius 3 is 2.09 bits per heavy atom. The minimum atomic E-state index is -4.76. The summed E-state index contributed by atoms with van der Waals surface area (Å²) in [4.78, 5) is 29.4. The molecule has 0 saturated carbocycles. The molecule has 4 aromatic carbocycles. The lowest BCUT2D eigenvalue weighted by atomic mass is 10.0. The summed E-state index contributed by atoms with van der Waals surface area (Å²) in [6, 6.07) is 25.9. The molecule has 47 heavy (non-hydrogen) atoms. The lowest BCUT2D eigenvalue weighted by Crippen LogP contribution is -2.54. The standard InChI is InChI=1S/C35H35BrF3N3O4S/c1-3-25(2)40-34(44)32(21-26-12-6-4-7-13-26)41(23-27-14-10-16-29(36)20-27)33(43)24-42(47(45,46)31-18-8-5-9-19-31)30-17-11-15-28(22-30)35(37,38)39/h4-20,22,25,32H,3,21,23-24H2,1-2H3,(H,40,44)/t25-,32+/m1/s1. The number of carbonyl (C=O) groups is 2. The van der Waals surface area contributed by atoms with Crippen molar-refractivity contribution >= 4 is 43.5 Å². The Labute approximate surface area is 281 Å². The van der Waals surface area contributed by atoms with Crippen LogP contribution in [0.25, 0.3) is 0 Å². The topological polar surface area (TPSA) is 86.8 Å². The van der Waals surface area contributed by atoms with Gasteiger partial charge in [-0.3, -0.25) is 13.9 Å². The lowest BCUT2D eigenvalue weighted by molar-refractivity contribution is -0.140. The zero-order valence-corrected chi connectivity index (χ0v) is 28.2. The summed E-state index contributed by atoms with van der Waals surface area (Å²) >= 11 is 3.43. The highest BCUT2D eigenvalue weighted by atomic mass is 79.9. The van der Waals surface area contributed by atoms with Crippen LogP contribution in [0.1, 0.15) is 37.0 Å². The van der Waals surface area contributed by atoms with Crippen LogP contribution in [0.4, 0.5) is 18.9 Å². The Bertz CT molecular complexity index is 1770. The van der Waals surface area contributed by atoms with E-state index in [1.807, 2.05) is 32.0 Å². The number of nitrogens with one attached hydrogen (secondary N) is 1. The van der Waals surface area contributed by atoms with Gasteiger partial charge < -0.3 is 10.2 Å².